The zero-order valence-electron chi connectivity index (χ0n) is 17.3. The van der Waals surface area contributed by atoms with Crippen LogP contribution in [-0.4, -0.2) is 17.9 Å². The number of nitrogens with one attached hydrogen (secondary N) is 1. The predicted molar refractivity (Wildman–Crippen MR) is 116 cm³/mol. The molecule has 1 atom stereocenters. The van der Waals surface area contributed by atoms with Crippen LogP contribution in [0.1, 0.15) is 17.5 Å². The van der Waals surface area contributed by atoms with Crippen LogP contribution in [0.4, 0.5) is 30.2 Å². The van der Waals surface area contributed by atoms with Gasteiger partial charge in [0.05, 0.1) is 35.1 Å². The second-order valence-electron chi connectivity index (χ2n) is 7.46. The molecule has 0 radical (unpaired) electrons. The summed E-state index contributed by atoms with van der Waals surface area (Å²) >= 11 is 0. The summed E-state index contributed by atoms with van der Waals surface area (Å²) in [5, 5.41) is 11.1. The number of halogens is 3. The summed E-state index contributed by atoms with van der Waals surface area (Å²) in [5.74, 6) is -0.842. The number of imide groups is 1. The van der Waals surface area contributed by atoms with E-state index in [9.17, 15) is 22.8 Å². The van der Waals surface area contributed by atoms with Crippen molar-refractivity contribution in [3.63, 3.8) is 0 Å². The Morgan fingerprint density at radius 1 is 0.879 bits per heavy atom. The lowest BCUT2D eigenvalue weighted by Crippen LogP contribution is -2.38. The summed E-state index contributed by atoms with van der Waals surface area (Å²) in [7, 11) is 0. The van der Waals surface area contributed by atoms with E-state index in [1.54, 1.807) is 24.3 Å². The lowest BCUT2D eigenvalue weighted by Gasteiger charge is -2.16. The summed E-state index contributed by atoms with van der Waals surface area (Å²) in [4.78, 5) is 26.3. The highest BCUT2D eigenvalue weighted by Gasteiger charge is 2.39. The van der Waals surface area contributed by atoms with E-state index < -0.39 is 23.7 Å². The lowest BCUT2D eigenvalue weighted by molar-refractivity contribution is -0.137. The molecule has 2 amide bonds. The quantitative estimate of drug-likeness (QED) is 0.394. The fourth-order valence-electron chi connectivity index (χ4n) is 3.44. The number of nitrogens with zero attached hydrogens (tertiary/aromatic N) is 3. The number of amides is 2. The van der Waals surface area contributed by atoms with Crippen LogP contribution in [0.25, 0.3) is 0 Å². The Bertz CT molecular complexity index is 1180. The number of hydrogen-bond donors (Lipinski definition) is 1. The molecule has 3 aromatic rings. The zero-order chi connectivity index (χ0) is 23.4. The summed E-state index contributed by atoms with van der Waals surface area (Å²) < 4.78 is 38.7. The monoisotopic (exact) mass is 452 g/mol. The highest BCUT2D eigenvalue weighted by atomic mass is 19.4. The third-order valence-corrected chi connectivity index (χ3v) is 5.10. The van der Waals surface area contributed by atoms with E-state index in [-0.39, 0.29) is 18.9 Å². The minimum Gasteiger partial charge on any atom is -0.301 e. The predicted octanol–water partition coefficient (Wildman–Crippen LogP) is 5.54. The molecular weight excluding hydrogens is 433 g/mol. The van der Waals surface area contributed by atoms with Gasteiger partial charge >= 0.3 is 6.18 Å². The van der Waals surface area contributed by atoms with E-state index >= 15 is 0 Å². The molecule has 0 spiro atoms. The maximum absolute atomic E-state index is 12.9. The Hall–Kier alpha value is -3.85. The number of benzene rings is 3. The third kappa shape index (κ3) is 5.32. The van der Waals surface area contributed by atoms with Gasteiger partial charge in [0.2, 0.25) is 5.91 Å². The number of carbonyl (C=O) groups is 2. The van der Waals surface area contributed by atoms with Crippen molar-refractivity contribution in [3.8, 4) is 0 Å². The molecule has 4 rings (SSSR count). The molecule has 1 heterocycles. The number of anilines is 1. The van der Waals surface area contributed by atoms with Crippen LogP contribution >= 0.6 is 0 Å². The van der Waals surface area contributed by atoms with E-state index in [2.05, 4.69) is 15.5 Å². The Balaban J connectivity index is 1.40. The molecule has 0 bridgehead atoms. The molecule has 1 aliphatic rings. The van der Waals surface area contributed by atoms with Gasteiger partial charge in [-0.1, -0.05) is 36.4 Å². The Morgan fingerprint density at radius 3 is 2.21 bits per heavy atom. The second kappa shape index (κ2) is 9.33. The van der Waals surface area contributed by atoms with Crippen molar-refractivity contribution in [1.29, 1.82) is 0 Å². The van der Waals surface area contributed by atoms with Crippen LogP contribution < -0.4 is 10.2 Å². The standard InChI is InChI=1S/C24H19F3N4O2/c25-24(26,27)17-6-4-5-16(13-17)15-28-21-14-22(32)31(23(21)33)20-11-9-19(10-12-20)30-29-18-7-2-1-3-8-18/h1-13,21,28H,14-15H2/t21-/m1/s1. The smallest absolute Gasteiger partial charge is 0.301 e. The van der Waals surface area contributed by atoms with Crippen molar-refractivity contribution in [2.24, 2.45) is 10.2 Å². The van der Waals surface area contributed by atoms with Gasteiger partial charge in [0.15, 0.2) is 0 Å². The van der Waals surface area contributed by atoms with Crippen LogP contribution in [0.2, 0.25) is 0 Å². The second-order valence-corrected chi connectivity index (χ2v) is 7.46. The van der Waals surface area contributed by atoms with Crippen molar-refractivity contribution in [1.82, 2.24) is 5.32 Å². The van der Waals surface area contributed by atoms with Gasteiger partial charge in [-0.15, -0.1) is 0 Å². The topological polar surface area (TPSA) is 74.1 Å². The molecule has 1 aliphatic heterocycles. The van der Waals surface area contributed by atoms with Crippen LogP contribution in [-0.2, 0) is 22.3 Å². The maximum atomic E-state index is 12.9. The van der Waals surface area contributed by atoms with Gasteiger partial charge < -0.3 is 5.32 Å². The molecule has 1 saturated heterocycles. The number of alkyl halides is 3. The first-order valence-corrected chi connectivity index (χ1v) is 10.1. The molecule has 6 nitrogen and oxygen atoms in total. The van der Waals surface area contributed by atoms with Crippen LogP contribution in [0, 0.1) is 0 Å². The number of carbonyl (C=O) groups excluding carboxylic acids is 2. The fourth-order valence-corrected chi connectivity index (χ4v) is 3.44. The normalized spacial score (nSPS) is 16.7. The number of rotatable bonds is 6. The van der Waals surface area contributed by atoms with Crippen molar-refractivity contribution >= 4 is 28.9 Å². The highest BCUT2D eigenvalue weighted by Crippen LogP contribution is 2.30. The lowest BCUT2D eigenvalue weighted by atomic mass is 10.1. The van der Waals surface area contributed by atoms with Gasteiger partial charge in [-0.3, -0.25) is 9.59 Å². The number of azo groups is 1. The average molecular weight is 452 g/mol. The molecule has 0 saturated carbocycles. The van der Waals surface area contributed by atoms with E-state index in [0.717, 1.165) is 17.0 Å². The summed E-state index contributed by atoms with van der Waals surface area (Å²) in [6.07, 6.45) is -4.52. The SMILES string of the molecule is O=C1C[C@@H](NCc2cccc(C(F)(F)F)c2)C(=O)N1c1ccc(N=Nc2ccccc2)cc1. The maximum Gasteiger partial charge on any atom is 0.416 e. The Labute approximate surface area is 187 Å². The van der Waals surface area contributed by atoms with Gasteiger partial charge in [0, 0.05) is 6.54 Å². The first kappa shape index (κ1) is 22.3. The van der Waals surface area contributed by atoms with Gasteiger partial charge in [-0.05, 0) is 48.0 Å². The van der Waals surface area contributed by atoms with E-state index in [1.165, 1.54) is 12.1 Å². The zero-order valence-corrected chi connectivity index (χ0v) is 17.3. The summed E-state index contributed by atoms with van der Waals surface area (Å²) in [5.41, 5.74) is 1.26. The minimum atomic E-state index is -4.45. The summed E-state index contributed by atoms with van der Waals surface area (Å²) in [6, 6.07) is 19.7. The Morgan fingerprint density at radius 2 is 1.55 bits per heavy atom. The minimum absolute atomic E-state index is 0.0280. The average Bonchev–Trinajstić information content (AvgIpc) is 3.10. The number of hydrogen-bond acceptors (Lipinski definition) is 5. The molecule has 33 heavy (non-hydrogen) atoms. The van der Waals surface area contributed by atoms with Gasteiger partial charge in [-0.25, -0.2) is 4.90 Å². The largest absolute Gasteiger partial charge is 0.416 e. The molecular formula is C24H19F3N4O2. The highest BCUT2D eigenvalue weighted by molar-refractivity contribution is 6.22. The molecule has 3 aromatic carbocycles. The van der Waals surface area contributed by atoms with Crippen LogP contribution in [0.15, 0.2) is 89.1 Å². The van der Waals surface area contributed by atoms with Gasteiger partial charge in [-0.2, -0.15) is 23.4 Å². The van der Waals surface area contributed by atoms with Crippen LogP contribution in [0.3, 0.4) is 0 Å². The van der Waals surface area contributed by atoms with E-state index in [1.807, 2.05) is 30.3 Å². The van der Waals surface area contributed by atoms with E-state index in [4.69, 9.17) is 0 Å². The fraction of sp³-hybridized carbons (Fsp3) is 0.167. The van der Waals surface area contributed by atoms with Gasteiger partial charge in [0.1, 0.15) is 0 Å². The third-order valence-electron chi connectivity index (χ3n) is 5.10. The first-order valence-electron chi connectivity index (χ1n) is 10.1. The summed E-state index contributed by atoms with van der Waals surface area (Å²) in [6.45, 7) is 0.0280. The molecule has 1 N–H and O–H groups in total. The molecule has 0 unspecified atom stereocenters. The van der Waals surface area contributed by atoms with Gasteiger partial charge in [0.25, 0.3) is 5.91 Å². The van der Waals surface area contributed by atoms with E-state index in [0.29, 0.717) is 22.6 Å². The molecule has 9 heteroatoms. The van der Waals surface area contributed by atoms with Crippen molar-refractivity contribution in [2.45, 2.75) is 25.2 Å². The van der Waals surface area contributed by atoms with Crippen molar-refractivity contribution in [2.75, 3.05) is 4.90 Å². The first-order chi connectivity index (χ1) is 15.8. The Kier molecular flexibility index (Phi) is 6.32. The molecule has 0 aliphatic carbocycles. The van der Waals surface area contributed by atoms with Crippen molar-refractivity contribution < 1.29 is 22.8 Å². The molecule has 168 valence electrons. The van der Waals surface area contributed by atoms with Crippen molar-refractivity contribution in [3.05, 3.63) is 90.0 Å². The molecule has 1 fully saturated rings. The van der Waals surface area contributed by atoms with Crippen LogP contribution in [0.5, 0.6) is 0 Å². The molecule has 0 aromatic heterocycles.